The van der Waals surface area contributed by atoms with E-state index < -0.39 is 0 Å². The van der Waals surface area contributed by atoms with Crippen LogP contribution in [0.4, 0.5) is 5.69 Å². The normalized spacial score (nSPS) is 17.6. The molecular formula is C12H16ClN. The van der Waals surface area contributed by atoms with Gasteiger partial charge < -0.3 is 5.32 Å². The van der Waals surface area contributed by atoms with Gasteiger partial charge in [0.15, 0.2) is 0 Å². The quantitative estimate of drug-likeness (QED) is 0.781. The summed E-state index contributed by atoms with van der Waals surface area (Å²) in [4.78, 5) is 0. The average molecular weight is 210 g/mol. The molecule has 14 heavy (non-hydrogen) atoms. The standard InChI is InChI=1S/C12H16ClN/c1-3-12(4-2)8-14-11-7-9(13)5-6-10(11)12/h5-7,14H,3-4,8H2,1-2H3. The van der Waals surface area contributed by atoms with E-state index in [1.54, 1.807) is 0 Å². The van der Waals surface area contributed by atoms with E-state index in [0.717, 1.165) is 11.6 Å². The van der Waals surface area contributed by atoms with E-state index in [1.165, 1.54) is 24.1 Å². The lowest BCUT2D eigenvalue weighted by atomic mass is 9.78. The molecule has 0 aliphatic carbocycles. The molecule has 76 valence electrons. The Morgan fingerprint density at radius 3 is 2.71 bits per heavy atom. The van der Waals surface area contributed by atoms with Crippen molar-refractivity contribution in [2.75, 3.05) is 11.9 Å². The molecule has 0 bridgehead atoms. The van der Waals surface area contributed by atoms with E-state index in [1.807, 2.05) is 12.1 Å². The van der Waals surface area contributed by atoms with Gasteiger partial charge in [0, 0.05) is 22.7 Å². The van der Waals surface area contributed by atoms with Crippen LogP contribution in [0, 0.1) is 0 Å². The maximum Gasteiger partial charge on any atom is 0.0426 e. The first-order valence-electron chi connectivity index (χ1n) is 5.26. The molecule has 0 fully saturated rings. The summed E-state index contributed by atoms with van der Waals surface area (Å²) < 4.78 is 0. The molecule has 1 aliphatic rings. The molecule has 0 atom stereocenters. The summed E-state index contributed by atoms with van der Waals surface area (Å²) in [5.74, 6) is 0. The average Bonchev–Trinajstić information content (AvgIpc) is 2.56. The van der Waals surface area contributed by atoms with Gasteiger partial charge in [-0.1, -0.05) is 31.5 Å². The summed E-state index contributed by atoms with van der Waals surface area (Å²) >= 11 is 5.96. The SMILES string of the molecule is CCC1(CC)CNc2cc(Cl)ccc21. The van der Waals surface area contributed by atoms with E-state index >= 15 is 0 Å². The second-order valence-electron chi connectivity index (χ2n) is 4.03. The molecule has 0 saturated carbocycles. The molecule has 0 amide bonds. The summed E-state index contributed by atoms with van der Waals surface area (Å²) in [6.07, 6.45) is 2.37. The van der Waals surface area contributed by atoms with Crippen molar-refractivity contribution in [1.82, 2.24) is 0 Å². The lowest BCUT2D eigenvalue weighted by molar-refractivity contribution is 0.437. The van der Waals surface area contributed by atoms with E-state index in [2.05, 4.69) is 25.2 Å². The van der Waals surface area contributed by atoms with Crippen molar-refractivity contribution in [3.63, 3.8) is 0 Å². The zero-order chi connectivity index (χ0) is 10.2. The van der Waals surface area contributed by atoms with Gasteiger partial charge in [0.05, 0.1) is 0 Å². The van der Waals surface area contributed by atoms with Gasteiger partial charge in [0.25, 0.3) is 0 Å². The van der Waals surface area contributed by atoms with Crippen molar-refractivity contribution >= 4 is 17.3 Å². The molecule has 1 nitrogen and oxygen atoms in total. The molecule has 2 rings (SSSR count). The van der Waals surface area contributed by atoms with Crippen LogP contribution in [-0.4, -0.2) is 6.54 Å². The van der Waals surface area contributed by atoms with Gasteiger partial charge in [0.1, 0.15) is 0 Å². The van der Waals surface area contributed by atoms with Gasteiger partial charge in [-0.15, -0.1) is 0 Å². The fraction of sp³-hybridized carbons (Fsp3) is 0.500. The van der Waals surface area contributed by atoms with E-state index in [0.29, 0.717) is 5.41 Å². The van der Waals surface area contributed by atoms with Gasteiger partial charge in [-0.3, -0.25) is 0 Å². The maximum atomic E-state index is 5.96. The first-order valence-corrected chi connectivity index (χ1v) is 5.63. The predicted molar refractivity (Wildman–Crippen MR) is 62.2 cm³/mol. The Hall–Kier alpha value is -0.690. The van der Waals surface area contributed by atoms with Crippen LogP contribution >= 0.6 is 11.6 Å². The topological polar surface area (TPSA) is 12.0 Å². The van der Waals surface area contributed by atoms with Crippen molar-refractivity contribution in [1.29, 1.82) is 0 Å². The van der Waals surface area contributed by atoms with Crippen LogP contribution in [0.5, 0.6) is 0 Å². The lowest BCUT2D eigenvalue weighted by Gasteiger charge is -2.26. The highest BCUT2D eigenvalue weighted by Crippen LogP contribution is 2.42. The third-order valence-corrected chi connectivity index (χ3v) is 3.76. The van der Waals surface area contributed by atoms with Crippen LogP contribution in [0.2, 0.25) is 5.02 Å². The van der Waals surface area contributed by atoms with E-state index in [-0.39, 0.29) is 0 Å². The van der Waals surface area contributed by atoms with Gasteiger partial charge in [-0.25, -0.2) is 0 Å². The van der Waals surface area contributed by atoms with E-state index in [4.69, 9.17) is 11.6 Å². The third-order valence-electron chi connectivity index (χ3n) is 3.52. The van der Waals surface area contributed by atoms with Crippen molar-refractivity contribution in [2.45, 2.75) is 32.1 Å². The van der Waals surface area contributed by atoms with Crippen molar-refractivity contribution < 1.29 is 0 Å². The highest BCUT2D eigenvalue weighted by atomic mass is 35.5. The first-order chi connectivity index (χ1) is 6.72. The van der Waals surface area contributed by atoms with Gasteiger partial charge >= 0.3 is 0 Å². The fourth-order valence-electron chi connectivity index (χ4n) is 2.37. The van der Waals surface area contributed by atoms with Crippen LogP contribution in [0.1, 0.15) is 32.3 Å². The largest absolute Gasteiger partial charge is 0.384 e. The Balaban J connectivity index is 2.48. The molecule has 0 unspecified atom stereocenters. The highest BCUT2D eigenvalue weighted by Gasteiger charge is 2.35. The summed E-state index contributed by atoms with van der Waals surface area (Å²) in [6, 6.07) is 6.20. The van der Waals surface area contributed by atoms with Crippen LogP contribution in [0.15, 0.2) is 18.2 Å². The Morgan fingerprint density at radius 1 is 1.36 bits per heavy atom. The number of rotatable bonds is 2. The molecule has 1 aromatic rings. The molecule has 2 heteroatoms. The van der Waals surface area contributed by atoms with Gasteiger partial charge in [0.2, 0.25) is 0 Å². The zero-order valence-electron chi connectivity index (χ0n) is 8.73. The number of halogens is 1. The number of anilines is 1. The molecule has 1 heterocycles. The van der Waals surface area contributed by atoms with E-state index in [9.17, 15) is 0 Å². The number of benzene rings is 1. The van der Waals surface area contributed by atoms with Crippen molar-refractivity contribution in [3.8, 4) is 0 Å². The second kappa shape index (κ2) is 3.47. The lowest BCUT2D eigenvalue weighted by Crippen LogP contribution is -2.26. The summed E-state index contributed by atoms with van der Waals surface area (Å²) in [5, 5.41) is 4.27. The number of hydrogen-bond donors (Lipinski definition) is 1. The minimum absolute atomic E-state index is 0.333. The summed E-state index contributed by atoms with van der Waals surface area (Å²) in [5.41, 5.74) is 2.99. The summed E-state index contributed by atoms with van der Waals surface area (Å²) in [6.45, 7) is 5.57. The Bertz CT molecular complexity index is 342. The third kappa shape index (κ3) is 1.31. The molecule has 0 saturated heterocycles. The monoisotopic (exact) mass is 209 g/mol. The molecule has 1 aliphatic heterocycles. The first kappa shape index (κ1) is 9.85. The van der Waals surface area contributed by atoms with Crippen LogP contribution in [-0.2, 0) is 5.41 Å². The molecule has 0 radical (unpaired) electrons. The molecule has 0 spiro atoms. The van der Waals surface area contributed by atoms with Crippen LogP contribution in [0.3, 0.4) is 0 Å². The molecular weight excluding hydrogens is 194 g/mol. The van der Waals surface area contributed by atoms with Gasteiger partial charge in [-0.05, 0) is 30.5 Å². The minimum Gasteiger partial charge on any atom is -0.384 e. The second-order valence-corrected chi connectivity index (χ2v) is 4.47. The predicted octanol–water partition coefficient (Wildman–Crippen LogP) is 3.82. The maximum absolute atomic E-state index is 5.96. The summed E-state index contributed by atoms with van der Waals surface area (Å²) in [7, 11) is 0. The Labute approximate surface area is 90.5 Å². The van der Waals surface area contributed by atoms with Crippen LogP contribution in [0.25, 0.3) is 0 Å². The van der Waals surface area contributed by atoms with Crippen LogP contribution < -0.4 is 5.32 Å². The smallest absolute Gasteiger partial charge is 0.0426 e. The Morgan fingerprint density at radius 2 is 2.07 bits per heavy atom. The minimum atomic E-state index is 0.333. The number of hydrogen-bond acceptors (Lipinski definition) is 1. The Kier molecular flexibility index (Phi) is 2.44. The van der Waals surface area contributed by atoms with Gasteiger partial charge in [-0.2, -0.15) is 0 Å². The number of nitrogens with one attached hydrogen (secondary N) is 1. The zero-order valence-corrected chi connectivity index (χ0v) is 9.49. The highest BCUT2D eigenvalue weighted by molar-refractivity contribution is 6.30. The molecule has 1 N–H and O–H groups in total. The van der Waals surface area contributed by atoms with Crippen molar-refractivity contribution in [2.24, 2.45) is 0 Å². The van der Waals surface area contributed by atoms with Crippen molar-refractivity contribution in [3.05, 3.63) is 28.8 Å². The fourth-order valence-corrected chi connectivity index (χ4v) is 2.54. The molecule has 1 aromatic carbocycles. The number of fused-ring (bicyclic) bond motifs is 1. The molecule has 0 aromatic heterocycles.